The van der Waals surface area contributed by atoms with Gasteiger partial charge >= 0.3 is 0 Å². The minimum absolute atomic E-state index is 0.0366. The Kier molecular flexibility index (Phi) is 11.0. The lowest BCUT2D eigenvalue weighted by atomic mass is 10.2. The molecule has 2 N–H and O–H groups in total. The molecule has 0 aromatic carbocycles. The molecule has 0 fully saturated rings. The van der Waals surface area contributed by atoms with Gasteiger partial charge in [0.15, 0.2) is 0 Å². The molecule has 0 saturated carbocycles. The standard InChI is InChI=1S/C19H31N3O3S/c1-4-5-6-7-8-11-26-18(9-10-23)15(2)22(14-24)13-17-12-20-16(3)21-19(17)25/h12,14,23H,4-11,13H2,1-3H3,(H,20,21,25)/b18-15-. The summed E-state index contributed by atoms with van der Waals surface area (Å²) in [7, 11) is 0. The van der Waals surface area contributed by atoms with E-state index in [1.165, 1.54) is 36.8 Å². The summed E-state index contributed by atoms with van der Waals surface area (Å²) in [5, 5.41) is 9.36. The number of aromatic amines is 1. The number of H-pyrrole nitrogens is 1. The van der Waals surface area contributed by atoms with Crippen LogP contribution in [0.3, 0.4) is 0 Å². The number of rotatable bonds is 13. The van der Waals surface area contributed by atoms with Crippen molar-refractivity contribution >= 4 is 18.2 Å². The summed E-state index contributed by atoms with van der Waals surface area (Å²) in [6.07, 6.45) is 8.81. The van der Waals surface area contributed by atoms with Gasteiger partial charge in [-0.3, -0.25) is 9.59 Å². The molecule has 0 aliphatic carbocycles. The van der Waals surface area contributed by atoms with Crippen LogP contribution in [0, 0.1) is 6.92 Å². The molecule has 0 atom stereocenters. The number of thioether (sulfide) groups is 1. The maximum atomic E-state index is 12.0. The SMILES string of the molecule is CCCCCCCS/C(CCO)=C(/C)N(C=O)Cc1cnc(C)[nH]c1=O. The van der Waals surface area contributed by atoms with Crippen LogP contribution in [0.4, 0.5) is 0 Å². The molecule has 146 valence electrons. The highest BCUT2D eigenvalue weighted by Gasteiger charge is 2.13. The van der Waals surface area contributed by atoms with Gasteiger partial charge in [0.1, 0.15) is 5.82 Å². The third-order valence-electron chi connectivity index (χ3n) is 4.17. The van der Waals surface area contributed by atoms with Crippen LogP contribution in [-0.2, 0) is 11.3 Å². The van der Waals surface area contributed by atoms with Gasteiger partial charge in [-0.1, -0.05) is 32.6 Å². The van der Waals surface area contributed by atoms with E-state index >= 15 is 0 Å². The van der Waals surface area contributed by atoms with Crippen molar-refractivity contribution in [1.82, 2.24) is 14.9 Å². The van der Waals surface area contributed by atoms with E-state index in [2.05, 4.69) is 16.9 Å². The molecule has 7 heteroatoms. The Morgan fingerprint density at radius 3 is 2.69 bits per heavy atom. The maximum absolute atomic E-state index is 12.0. The second-order valence-corrected chi connectivity index (χ2v) is 7.49. The molecule has 1 heterocycles. The number of allylic oxidation sites excluding steroid dienone is 1. The fraction of sp³-hybridized carbons (Fsp3) is 0.632. The summed E-state index contributed by atoms with van der Waals surface area (Å²) >= 11 is 1.69. The first kappa shape index (κ1) is 22.4. The van der Waals surface area contributed by atoms with Crippen molar-refractivity contribution in [1.29, 1.82) is 0 Å². The van der Waals surface area contributed by atoms with Crippen molar-refractivity contribution < 1.29 is 9.90 Å². The van der Waals surface area contributed by atoms with Crippen LogP contribution < -0.4 is 5.56 Å². The number of nitrogens with one attached hydrogen (secondary N) is 1. The van der Waals surface area contributed by atoms with Crippen molar-refractivity contribution in [3.05, 3.63) is 38.5 Å². The average molecular weight is 382 g/mol. The van der Waals surface area contributed by atoms with E-state index in [0.717, 1.165) is 29.2 Å². The zero-order chi connectivity index (χ0) is 19.4. The van der Waals surface area contributed by atoms with Gasteiger partial charge in [0.25, 0.3) is 5.56 Å². The normalized spacial score (nSPS) is 12.0. The molecule has 0 aliphatic heterocycles. The molecule has 0 radical (unpaired) electrons. The molecule has 0 unspecified atom stereocenters. The van der Waals surface area contributed by atoms with E-state index in [9.17, 15) is 14.7 Å². The summed E-state index contributed by atoms with van der Waals surface area (Å²) in [6, 6.07) is 0. The second-order valence-electron chi connectivity index (χ2n) is 6.30. The molecule has 0 aliphatic rings. The first-order chi connectivity index (χ1) is 12.5. The van der Waals surface area contributed by atoms with Gasteiger partial charge in [-0.15, -0.1) is 11.8 Å². The van der Waals surface area contributed by atoms with Crippen LogP contribution in [0.25, 0.3) is 0 Å². The fourth-order valence-electron chi connectivity index (χ4n) is 2.56. The molecular formula is C19H31N3O3S. The van der Waals surface area contributed by atoms with E-state index in [-0.39, 0.29) is 18.7 Å². The quantitative estimate of drug-likeness (QED) is 0.404. The predicted octanol–water partition coefficient (Wildman–Crippen LogP) is 3.35. The molecule has 0 saturated heterocycles. The number of carbonyl (C=O) groups excluding carboxylic acids is 1. The van der Waals surface area contributed by atoms with Crippen molar-refractivity contribution in [3.63, 3.8) is 0 Å². The Morgan fingerprint density at radius 2 is 2.08 bits per heavy atom. The summed E-state index contributed by atoms with van der Waals surface area (Å²) < 4.78 is 0. The van der Waals surface area contributed by atoms with E-state index < -0.39 is 0 Å². The van der Waals surface area contributed by atoms with Gasteiger partial charge in [0.2, 0.25) is 6.41 Å². The average Bonchev–Trinajstić information content (AvgIpc) is 2.62. The van der Waals surface area contributed by atoms with Gasteiger partial charge in [-0.25, -0.2) is 4.98 Å². The topological polar surface area (TPSA) is 86.3 Å². The molecular weight excluding hydrogens is 350 g/mol. The number of aliphatic hydroxyl groups excluding tert-OH is 1. The first-order valence-corrected chi connectivity index (χ1v) is 10.2. The monoisotopic (exact) mass is 381 g/mol. The Balaban J connectivity index is 2.78. The van der Waals surface area contributed by atoms with Crippen molar-refractivity contribution in [2.45, 2.75) is 65.8 Å². The maximum Gasteiger partial charge on any atom is 0.255 e. The smallest absolute Gasteiger partial charge is 0.255 e. The Labute approximate surface area is 160 Å². The molecule has 1 aromatic rings. The highest BCUT2D eigenvalue weighted by Crippen LogP contribution is 2.26. The molecule has 26 heavy (non-hydrogen) atoms. The fourth-order valence-corrected chi connectivity index (χ4v) is 3.72. The second kappa shape index (κ2) is 12.7. The molecule has 0 spiro atoms. The number of nitrogens with zero attached hydrogens (tertiary/aromatic N) is 2. The van der Waals surface area contributed by atoms with Crippen LogP contribution in [0.2, 0.25) is 0 Å². The lowest BCUT2D eigenvalue weighted by molar-refractivity contribution is -0.116. The number of aromatic nitrogens is 2. The van der Waals surface area contributed by atoms with Crippen molar-refractivity contribution in [2.24, 2.45) is 0 Å². The van der Waals surface area contributed by atoms with Gasteiger partial charge < -0.3 is 15.0 Å². The van der Waals surface area contributed by atoms with Crippen LogP contribution in [0.1, 0.15) is 63.8 Å². The largest absolute Gasteiger partial charge is 0.396 e. The number of aliphatic hydroxyl groups is 1. The predicted molar refractivity (Wildman–Crippen MR) is 107 cm³/mol. The number of amides is 1. The highest BCUT2D eigenvalue weighted by molar-refractivity contribution is 8.03. The minimum Gasteiger partial charge on any atom is -0.396 e. The zero-order valence-corrected chi connectivity index (χ0v) is 16.9. The van der Waals surface area contributed by atoms with Gasteiger partial charge in [0.05, 0.1) is 12.1 Å². The molecule has 6 nitrogen and oxygen atoms in total. The summed E-state index contributed by atoms with van der Waals surface area (Å²) in [6.45, 7) is 5.98. The number of unbranched alkanes of at least 4 members (excludes halogenated alkanes) is 4. The van der Waals surface area contributed by atoms with Crippen molar-refractivity contribution in [2.75, 3.05) is 12.4 Å². The number of carbonyl (C=O) groups is 1. The summed E-state index contributed by atoms with van der Waals surface area (Å²) in [5.74, 6) is 1.51. The summed E-state index contributed by atoms with van der Waals surface area (Å²) in [5.41, 5.74) is 0.993. The van der Waals surface area contributed by atoms with Crippen LogP contribution in [0.15, 0.2) is 21.6 Å². The van der Waals surface area contributed by atoms with E-state index in [0.29, 0.717) is 17.8 Å². The molecule has 0 bridgehead atoms. The van der Waals surface area contributed by atoms with Crippen molar-refractivity contribution in [3.8, 4) is 0 Å². The lowest BCUT2D eigenvalue weighted by Gasteiger charge is -2.21. The van der Waals surface area contributed by atoms with Gasteiger partial charge in [-0.2, -0.15) is 0 Å². The lowest BCUT2D eigenvalue weighted by Crippen LogP contribution is -2.26. The number of aryl methyl sites for hydroxylation is 1. The first-order valence-electron chi connectivity index (χ1n) is 9.23. The number of hydrogen-bond donors (Lipinski definition) is 2. The summed E-state index contributed by atoms with van der Waals surface area (Å²) in [4.78, 5) is 32.8. The Hall–Kier alpha value is -1.60. The Bertz CT molecular complexity index is 643. The number of hydrogen-bond acceptors (Lipinski definition) is 5. The molecule has 1 rings (SSSR count). The van der Waals surface area contributed by atoms with Crippen LogP contribution in [-0.4, -0.2) is 38.7 Å². The third kappa shape index (κ3) is 7.74. The van der Waals surface area contributed by atoms with E-state index in [1.807, 2.05) is 6.92 Å². The third-order valence-corrected chi connectivity index (χ3v) is 5.51. The van der Waals surface area contributed by atoms with Crippen LogP contribution >= 0.6 is 11.8 Å². The van der Waals surface area contributed by atoms with Crippen LogP contribution in [0.5, 0.6) is 0 Å². The molecule has 1 amide bonds. The zero-order valence-electron chi connectivity index (χ0n) is 16.1. The Morgan fingerprint density at radius 1 is 1.35 bits per heavy atom. The molecule has 1 aromatic heterocycles. The van der Waals surface area contributed by atoms with E-state index in [4.69, 9.17) is 0 Å². The van der Waals surface area contributed by atoms with Gasteiger partial charge in [-0.05, 0) is 26.0 Å². The van der Waals surface area contributed by atoms with E-state index in [1.54, 1.807) is 18.7 Å². The van der Waals surface area contributed by atoms with Gasteiger partial charge in [0, 0.05) is 29.8 Å². The minimum atomic E-state index is -0.232. The highest BCUT2D eigenvalue weighted by atomic mass is 32.2.